The molecule has 2 rings (SSSR count). The quantitative estimate of drug-likeness (QED) is 0.802. The highest BCUT2D eigenvalue weighted by Crippen LogP contribution is 2.37. The number of hydrogen-bond donors (Lipinski definition) is 2. The second kappa shape index (κ2) is 8.64. The number of amides is 1. The summed E-state index contributed by atoms with van der Waals surface area (Å²) >= 11 is 0. The summed E-state index contributed by atoms with van der Waals surface area (Å²) in [5, 5.41) is 3.15. The van der Waals surface area contributed by atoms with Gasteiger partial charge in [-0.2, -0.15) is 0 Å². The number of quaternary nitrogens is 1. The molecule has 2 atom stereocenters. The standard InChI is InChI=1S/C23H38N2O2/c1-15-13-21(27-12-11-25(7)8)17(3)20-14-18(9-10-19(15)20)16(2)22(26)24-23(4,5)6/h13,16,18H,9-12,14H2,1-8H3,(H,24,26)/p+1/t16-,18+/m0/s1. The number of aryl methyl sites for hydroxylation is 1. The van der Waals surface area contributed by atoms with E-state index in [9.17, 15) is 4.79 Å². The van der Waals surface area contributed by atoms with Crippen LogP contribution in [-0.4, -0.2) is 38.7 Å². The van der Waals surface area contributed by atoms with Crippen LogP contribution in [0.2, 0.25) is 0 Å². The van der Waals surface area contributed by atoms with Gasteiger partial charge in [-0.3, -0.25) is 4.79 Å². The molecule has 0 heterocycles. The maximum Gasteiger partial charge on any atom is 0.223 e. The normalized spacial score (nSPS) is 18.2. The van der Waals surface area contributed by atoms with Crippen LogP contribution in [-0.2, 0) is 17.6 Å². The van der Waals surface area contributed by atoms with Gasteiger partial charge in [-0.1, -0.05) is 6.92 Å². The molecule has 0 aromatic heterocycles. The van der Waals surface area contributed by atoms with Crippen LogP contribution in [0.4, 0.5) is 0 Å². The monoisotopic (exact) mass is 375 g/mol. The minimum atomic E-state index is -0.181. The summed E-state index contributed by atoms with van der Waals surface area (Å²) in [7, 11) is 4.28. The first kappa shape index (κ1) is 21.7. The highest BCUT2D eigenvalue weighted by molar-refractivity contribution is 5.79. The van der Waals surface area contributed by atoms with Gasteiger partial charge in [-0.05, 0) is 88.1 Å². The first-order valence-corrected chi connectivity index (χ1v) is 10.4. The molecule has 1 aromatic rings. The minimum absolute atomic E-state index is 0.0268. The predicted molar refractivity (Wildman–Crippen MR) is 112 cm³/mol. The second-order valence-electron chi connectivity index (χ2n) is 9.61. The van der Waals surface area contributed by atoms with Gasteiger partial charge in [0.05, 0.1) is 14.1 Å². The van der Waals surface area contributed by atoms with Gasteiger partial charge in [-0.15, -0.1) is 0 Å². The number of carbonyl (C=O) groups excluding carboxylic acids is 1. The Bertz CT molecular complexity index is 674. The molecule has 1 amide bonds. The topological polar surface area (TPSA) is 42.8 Å². The summed E-state index contributed by atoms with van der Waals surface area (Å²) < 4.78 is 6.10. The van der Waals surface area contributed by atoms with E-state index in [-0.39, 0.29) is 17.4 Å². The lowest BCUT2D eigenvalue weighted by molar-refractivity contribution is -0.858. The Balaban J connectivity index is 2.17. The third kappa shape index (κ3) is 5.71. The van der Waals surface area contributed by atoms with Crippen molar-refractivity contribution in [2.45, 2.75) is 66.3 Å². The molecule has 0 radical (unpaired) electrons. The molecule has 0 fully saturated rings. The van der Waals surface area contributed by atoms with Crippen molar-refractivity contribution in [3.05, 3.63) is 28.3 Å². The van der Waals surface area contributed by atoms with Crippen LogP contribution >= 0.6 is 0 Å². The number of rotatable bonds is 6. The zero-order valence-electron chi connectivity index (χ0n) is 18.6. The van der Waals surface area contributed by atoms with Gasteiger partial charge in [0.15, 0.2) is 0 Å². The lowest BCUT2D eigenvalue weighted by Gasteiger charge is -2.33. The Labute approximate surface area is 165 Å². The lowest BCUT2D eigenvalue weighted by Crippen LogP contribution is -3.06. The Kier molecular flexibility index (Phi) is 6.96. The molecule has 1 aliphatic carbocycles. The van der Waals surface area contributed by atoms with E-state index in [0.29, 0.717) is 5.92 Å². The fraction of sp³-hybridized carbons (Fsp3) is 0.696. The molecule has 0 saturated carbocycles. The Morgan fingerprint density at radius 3 is 2.56 bits per heavy atom. The molecule has 0 saturated heterocycles. The molecular weight excluding hydrogens is 336 g/mol. The van der Waals surface area contributed by atoms with Crippen molar-refractivity contribution in [1.82, 2.24) is 5.32 Å². The number of benzene rings is 1. The molecule has 0 unspecified atom stereocenters. The van der Waals surface area contributed by atoms with Crippen molar-refractivity contribution in [3.8, 4) is 5.75 Å². The predicted octanol–water partition coefficient (Wildman–Crippen LogP) is 2.48. The van der Waals surface area contributed by atoms with Crippen molar-refractivity contribution in [1.29, 1.82) is 0 Å². The van der Waals surface area contributed by atoms with E-state index < -0.39 is 0 Å². The molecule has 152 valence electrons. The lowest BCUT2D eigenvalue weighted by atomic mass is 9.74. The van der Waals surface area contributed by atoms with Crippen LogP contribution in [0.5, 0.6) is 5.75 Å². The summed E-state index contributed by atoms with van der Waals surface area (Å²) in [6.45, 7) is 14.3. The fourth-order valence-electron chi connectivity index (χ4n) is 3.96. The van der Waals surface area contributed by atoms with E-state index in [1.54, 1.807) is 0 Å². The van der Waals surface area contributed by atoms with Crippen molar-refractivity contribution in [3.63, 3.8) is 0 Å². The second-order valence-corrected chi connectivity index (χ2v) is 9.61. The largest absolute Gasteiger partial charge is 0.487 e. The zero-order chi connectivity index (χ0) is 20.4. The van der Waals surface area contributed by atoms with E-state index in [1.807, 2.05) is 20.8 Å². The maximum atomic E-state index is 12.7. The van der Waals surface area contributed by atoms with E-state index in [2.05, 4.69) is 46.2 Å². The summed E-state index contributed by atoms with van der Waals surface area (Å²) in [6, 6.07) is 2.20. The van der Waals surface area contributed by atoms with E-state index in [4.69, 9.17) is 4.74 Å². The van der Waals surface area contributed by atoms with Crippen LogP contribution in [0, 0.1) is 25.7 Å². The van der Waals surface area contributed by atoms with Crippen LogP contribution < -0.4 is 15.0 Å². The van der Waals surface area contributed by atoms with Gasteiger partial charge in [0.25, 0.3) is 0 Å². The minimum Gasteiger partial charge on any atom is -0.487 e. The third-order valence-electron chi connectivity index (χ3n) is 5.72. The number of hydrogen-bond acceptors (Lipinski definition) is 2. The molecule has 0 bridgehead atoms. The Morgan fingerprint density at radius 1 is 1.30 bits per heavy atom. The van der Waals surface area contributed by atoms with E-state index in [1.165, 1.54) is 27.2 Å². The molecule has 27 heavy (non-hydrogen) atoms. The highest BCUT2D eigenvalue weighted by Gasteiger charge is 2.31. The van der Waals surface area contributed by atoms with Crippen LogP contribution in [0.25, 0.3) is 0 Å². The molecular formula is C23H39N2O2+. The van der Waals surface area contributed by atoms with E-state index >= 15 is 0 Å². The third-order valence-corrected chi connectivity index (χ3v) is 5.72. The average Bonchev–Trinajstić information content (AvgIpc) is 2.56. The van der Waals surface area contributed by atoms with Gasteiger partial charge in [0, 0.05) is 11.5 Å². The van der Waals surface area contributed by atoms with Crippen LogP contribution in [0.15, 0.2) is 6.07 Å². The molecule has 0 aliphatic heterocycles. The molecule has 2 N–H and O–H groups in total. The van der Waals surface area contributed by atoms with Gasteiger partial charge < -0.3 is 15.0 Å². The summed E-state index contributed by atoms with van der Waals surface area (Å²) in [6.07, 6.45) is 3.11. The van der Waals surface area contributed by atoms with E-state index in [0.717, 1.165) is 38.2 Å². The fourth-order valence-corrected chi connectivity index (χ4v) is 3.96. The molecule has 1 aromatic carbocycles. The molecule has 4 heteroatoms. The molecule has 1 aliphatic rings. The average molecular weight is 376 g/mol. The number of carbonyl (C=O) groups is 1. The summed E-state index contributed by atoms with van der Waals surface area (Å²) in [4.78, 5) is 14.0. The number of nitrogens with one attached hydrogen (secondary N) is 2. The first-order valence-electron chi connectivity index (χ1n) is 10.4. The Hall–Kier alpha value is -1.55. The van der Waals surface area contributed by atoms with Gasteiger partial charge in [0.2, 0.25) is 5.91 Å². The number of likely N-dealkylation sites (N-methyl/N-ethyl adjacent to an activating group) is 1. The maximum absolute atomic E-state index is 12.7. The summed E-state index contributed by atoms with van der Waals surface area (Å²) in [5.74, 6) is 1.60. The highest BCUT2D eigenvalue weighted by atomic mass is 16.5. The zero-order valence-corrected chi connectivity index (χ0v) is 18.6. The van der Waals surface area contributed by atoms with Crippen molar-refractivity contribution in [2.75, 3.05) is 27.2 Å². The van der Waals surface area contributed by atoms with Crippen LogP contribution in [0.3, 0.4) is 0 Å². The van der Waals surface area contributed by atoms with Crippen molar-refractivity contribution >= 4 is 5.91 Å². The van der Waals surface area contributed by atoms with Crippen molar-refractivity contribution in [2.24, 2.45) is 11.8 Å². The van der Waals surface area contributed by atoms with Crippen LogP contribution in [0.1, 0.15) is 56.4 Å². The number of ether oxygens (including phenoxy) is 1. The molecule has 4 nitrogen and oxygen atoms in total. The molecule has 0 spiro atoms. The summed E-state index contributed by atoms with van der Waals surface area (Å²) in [5.41, 5.74) is 5.29. The van der Waals surface area contributed by atoms with Crippen molar-refractivity contribution < 1.29 is 14.4 Å². The smallest absolute Gasteiger partial charge is 0.223 e. The number of fused-ring (bicyclic) bond motifs is 1. The Morgan fingerprint density at radius 2 is 1.96 bits per heavy atom. The van der Waals surface area contributed by atoms with Gasteiger partial charge in [0.1, 0.15) is 18.9 Å². The van der Waals surface area contributed by atoms with Gasteiger partial charge in [-0.25, -0.2) is 0 Å². The van der Waals surface area contributed by atoms with Gasteiger partial charge >= 0.3 is 0 Å². The SMILES string of the molecule is Cc1cc(OCC[NH+](C)C)c(C)c2c1CC[C@@H]([C@H](C)C(=O)NC(C)(C)C)C2. The first-order chi connectivity index (χ1) is 12.5.